The van der Waals surface area contributed by atoms with E-state index in [1.165, 1.54) is 29.2 Å². The van der Waals surface area contributed by atoms with Crippen LogP contribution in [0.25, 0.3) is 0 Å². The molecule has 1 fully saturated rings. The van der Waals surface area contributed by atoms with Gasteiger partial charge < -0.3 is 4.90 Å². The van der Waals surface area contributed by atoms with Crippen LogP contribution in [0.2, 0.25) is 0 Å². The van der Waals surface area contributed by atoms with Gasteiger partial charge in [-0.15, -0.1) is 0 Å². The third kappa shape index (κ3) is 2.92. The topological polar surface area (TPSA) is 90.3 Å². The minimum atomic E-state index is -3.70. The van der Waals surface area contributed by atoms with Gasteiger partial charge in [0.15, 0.2) is 0 Å². The van der Waals surface area contributed by atoms with Crippen LogP contribution in [-0.4, -0.2) is 38.9 Å². The summed E-state index contributed by atoms with van der Waals surface area (Å²) in [6.07, 6.45) is 0.160. The van der Waals surface area contributed by atoms with E-state index in [1.807, 2.05) is 6.07 Å². The lowest BCUT2D eigenvalue weighted by Crippen LogP contribution is -2.36. The van der Waals surface area contributed by atoms with E-state index in [9.17, 15) is 13.2 Å². The number of nitriles is 1. The van der Waals surface area contributed by atoms with Gasteiger partial charge in [0.25, 0.3) is 0 Å². The monoisotopic (exact) mass is 279 g/mol. The van der Waals surface area contributed by atoms with Crippen molar-refractivity contribution in [3.8, 4) is 6.07 Å². The number of sulfonamides is 1. The average molecular weight is 279 g/mol. The molecule has 1 heterocycles. The van der Waals surface area contributed by atoms with Crippen LogP contribution in [0.15, 0.2) is 29.2 Å². The molecule has 1 aromatic rings. The molecule has 0 spiro atoms. The zero-order valence-electron chi connectivity index (χ0n) is 10.3. The van der Waals surface area contributed by atoms with Crippen LogP contribution in [0.1, 0.15) is 12.0 Å². The van der Waals surface area contributed by atoms with Crippen molar-refractivity contribution >= 4 is 15.9 Å². The summed E-state index contributed by atoms with van der Waals surface area (Å²) in [6, 6.07) is 7.24. The summed E-state index contributed by atoms with van der Waals surface area (Å²) in [4.78, 5) is 12.9. The number of likely N-dealkylation sites (N-methyl/N-ethyl adjacent to an activating group) is 1. The summed E-state index contributed by atoms with van der Waals surface area (Å²) < 4.78 is 26.7. The molecule has 1 atom stereocenters. The fourth-order valence-electron chi connectivity index (χ4n) is 1.96. The summed E-state index contributed by atoms with van der Waals surface area (Å²) in [5.41, 5.74) is 0.280. The first-order chi connectivity index (χ1) is 8.92. The molecule has 1 aliphatic rings. The summed E-state index contributed by atoms with van der Waals surface area (Å²) in [5.74, 6) is -0.0847. The van der Waals surface area contributed by atoms with E-state index < -0.39 is 16.1 Å². The van der Waals surface area contributed by atoms with Crippen LogP contribution in [0.5, 0.6) is 0 Å². The maximum Gasteiger partial charge on any atom is 0.240 e. The molecule has 1 aromatic carbocycles. The van der Waals surface area contributed by atoms with Crippen molar-refractivity contribution in [2.24, 2.45) is 0 Å². The van der Waals surface area contributed by atoms with Crippen LogP contribution in [-0.2, 0) is 14.8 Å². The highest BCUT2D eigenvalue weighted by Crippen LogP contribution is 2.15. The number of carbonyl (C=O) groups excluding carboxylic acids is 1. The summed E-state index contributed by atoms with van der Waals surface area (Å²) in [6.45, 7) is 0.357. The number of likely N-dealkylation sites (tertiary alicyclic amines) is 1. The largest absolute Gasteiger partial charge is 0.344 e. The molecule has 0 aliphatic carbocycles. The van der Waals surface area contributed by atoms with E-state index in [-0.39, 0.29) is 22.8 Å². The highest BCUT2D eigenvalue weighted by Gasteiger charge is 2.30. The Labute approximate surface area is 111 Å². The molecule has 1 aliphatic heterocycles. The minimum absolute atomic E-state index is 0.0357. The van der Waals surface area contributed by atoms with Crippen LogP contribution in [0.3, 0.4) is 0 Å². The molecule has 19 heavy (non-hydrogen) atoms. The maximum atomic E-state index is 12.1. The SMILES string of the molecule is CN1C[C@@H](NS(=O)(=O)c2cccc(C#N)c2)CC1=O. The van der Waals surface area contributed by atoms with E-state index in [0.717, 1.165) is 0 Å². The van der Waals surface area contributed by atoms with Gasteiger partial charge in [0, 0.05) is 26.1 Å². The molecule has 2 rings (SSSR count). The standard InChI is InChI=1S/C12H13N3O3S/c1-15-8-10(6-12(15)16)14-19(17,18)11-4-2-3-9(5-11)7-13/h2-5,10,14H,6,8H2,1H3/t10-/m0/s1. The van der Waals surface area contributed by atoms with E-state index in [2.05, 4.69) is 4.72 Å². The number of benzene rings is 1. The highest BCUT2D eigenvalue weighted by atomic mass is 32.2. The Balaban J connectivity index is 2.19. The lowest BCUT2D eigenvalue weighted by molar-refractivity contribution is -0.126. The number of amides is 1. The molecule has 6 nitrogen and oxygen atoms in total. The lowest BCUT2D eigenvalue weighted by Gasteiger charge is -2.12. The zero-order chi connectivity index (χ0) is 14.0. The first-order valence-corrected chi connectivity index (χ1v) is 7.17. The summed E-state index contributed by atoms with van der Waals surface area (Å²) >= 11 is 0. The van der Waals surface area contributed by atoms with Gasteiger partial charge in [-0.2, -0.15) is 5.26 Å². The molecule has 0 unspecified atom stereocenters. The Morgan fingerprint density at radius 1 is 1.47 bits per heavy atom. The number of hydrogen-bond donors (Lipinski definition) is 1. The predicted octanol–water partition coefficient (Wildman–Crippen LogP) is 0.0673. The van der Waals surface area contributed by atoms with Gasteiger partial charge >= 0.3 is 0 Å². The van der Waals surface area contributed by atoms with Crippen LogP contribution < -0.4 is 4.72 Å². The molecule has 1 N–H and O–H groups in total. The summed E-state index contributed by atoms with van der Waals surface area (Å²) in [7, 11) is -2.07. The van der Waals surface area contributed by atoms with Crippen LogP contribution in [0.4, 0.5) is 0 Å². The third-order valence-corrected chi connectivity index (χ3v) is 4.45. The van der Waals surface area contributed by atoms with E-state index >= 15 is 0 Å². The second-order valence-corrected chi connectivity index (χ2v) is 6.15. The molecule has 100 valence electrons. The lowest BCUT2D eigenvalue weighted by atomic mass is 10.2. The second-order valence-electron chi connectivity index (χ2n) is 4.44. The molecule has 1 saturated heterocycles. The maximum absolute atomic E-state index is 12.1. The van der Waals surface area contributed by atoms with Crippen molar-refractivity contribution < 1.29 is 13.2 Å². The molecule has 0 bridgehead atoms. The zero-order valence-corrected chi connectivity index (χ0v) is 11.1. The van der Waals surface area contributed by atoms with E-state index in [1.54, 1.807) is 7.05 Å². The Morgan fingerprint density at radius 3 is 2.79 bits per heavy atom. The van der Waals surface area contributed by atoms with E-state index in [0.29, 0.717) is 6.54 Å². The van der Waals surface area contributed by atoms with Crippen molar-refractivity contribution in [3.63, 3.8) is 0 Å². The predicted molar refractivity (Wildman–Crippen MR) is 67.5 cm³/mol. The minimum Gasteiger partial charge on any atom is -0.344 e. The summed E-state index contributed by atoms with van der Waals surface area (Å²) in [5, 5.41) is 8.76. The number of nitrogens with one attached hydrogen (secondary N) is 1. The average Bonchev–Trinajstić information content (AvgIpc) is 2.67. The van der Waals surface area contributed by atoms with Crippen LogP contribution in [0, 0.1) is 11.3 Å². The normalized spacial score (nSPS) is 19.5. The van der Waals surface area contributed by atoms with Gasteiger partial charge in [0.1, 0.15) is 0 Å². The fraction of sp³-hybridized carbons (Fsp3) is 0.333. The van der Waals surface area contributed by atoms with Gasteiger partial charge in [-0.25, -0.2) is 13.1 Å². The van der Waals surface area contributed by atoms with Gasteiger partial charge in [-0.3, -0.25) is 4.79 Å². The van der Waals surface area contributed by atoms with Gasteiger partial charge in [-0.05, 0) is 18.2 Å². The fourth-order valence-corrected chi connectivity index (χ4v) is 3.24. The first-order valence-electron chi connectivity index (χ1n) is 5.69. The quantitative estimate of drug-likeness (QED) is 0.847. The number of hydrogen-bond acceptors (Lipinski definition) is 4. The number of rotatable bonds is 3. The molecule has 0 radical (unpaired) electrons. The third-order valence-electron chi connectivity index (χ3n) is 2.94. The van der Waals surface area contributed by atoms with Crippen molar-refractivity contribution in [1.82, 2.24) is 9.62 Å². The number of carbonyl (C=O) groups is 1. The second kappa shape index (κ2) is 4.99. The molecule has 0 saturated carbocycles. The smallest absolute Gasteiger partial charge is 0.240 e. The molecular formula is C12H13N3O3S. The molecular weight excluding hydrogens is 266 g/mol. The van der Waals surface area contributed by atoms with Gasteiger partial charge in [0.2, 0.25) is 15.9 Å². The Kier molecular flexibility index (Phi) is 3.55. The first kappa shape index (κ1) is 13.5. The van der Waals surface area contributed by atoms with Gasteiger partial charge in [-0.1, -0.05) is 6.07 Å². The molecule has 1 amide bonds. The highest BCUT2D eigenvalue weighted by molar-refractivity contribution is 7.89. The Hall–Kier alpha value is -1.91. The van der Waals surface area contributed by atoms with Crippen molar-refractivity contribution in [1.29, 1.82) is 5.26 Å². The number of nitrogens with zero attached hydrogens (tertiary/aromatic N) is 2. The van der Waals surface area contributed by atoms with Crippen molar-refractivity contribution in [3.05, 3.63) is 29.8 Å². The van der Waals surface area contributed by atoms with Gasteiger partial charge in [0.05, 0.1) is 16.5 Å². The van der Waals surface area contributed by atoms with Crippen LogP contribution >= 0.6 is 0 Å². The van der Waals surface area contributed by atoms with E-state index in [4.69, 9.17) is 5.26 Å². The molecule has 7 heteroatoms. The Bertz CT molecular complexity index is 648. The van der Waals surface area contributed by atoms with Crippen molar-refractivity contribution in [2.75, 3.05) is 13.6 Å². The van der Waals surface area contributed by atoms with Crippen molar-refractivity contribution in [2.45, 2.75) is 17.4 Å². The Morgan fingerprint density at radius 2 is 2.21 bits per heavy atom. The molecule has 0 aromatic heterocycles.